The molecule has 0 N–H and O–H groups in total. The fourth-order valence-electron chi connectivity index (χ4n) is 2.96. The maximum Gasteiger partial charge on any atom is 0.333 e. The molecule has 3 nitrogen and oxygen atoms in total. The molecule has 3 heteroatoms. The van der Waals surface area contributed by atoms with Crippen molar-refractivity contribution in [1.29, 1.82) is 0 Å². The van der Waals surface area contributed by atoms with E-state index >= 15 is 0 Å². The molecular formula is C28H34O3. The summed E-state index contributed by atoms with van der Waals surface area (Å²) in [5.74, 6) is 7.03. The van der Waals surface area contributed by atoms with Crippen molar-refractivity contribution in [2.75, 3.05) is 13.2 Å². The van der Waals surface area contributed by atoms with Gasteiger partial charge in [0.1, 0.15) is 5.75 Å². The lowest BCUT2D eigenvalue weighted by atomic mass is 10.0. The minimum atomic E-state index is -0.307. The topological polar surface area (TPSA) is 35.5 Å². The fraction of sp³-hybridized carbons (Fsp3) is 0.393. The first-order valence-electron chi connectivity index (χ1n) is 11.2. The predicted octanol–water partition coefficient (Wildman–Crippen LogP) is 6.95. The van der Waals surface area contributed by atoms with E-state index in [1.54, 1.807) is 6.92 Å². The Hall–Kier alpha value is -2.99. The van der Waals surface area contributed by atoms with Gasteiger partial charge < -0.3 is 9.47 Å². The number of rotatable bonds is 12. The number of benzene rings is 2. The predicted molar refractivity (Wildman–Crippen MR) is 128 cm³/mol. The lowest BCUT2D eigenvalue weighted by molar-refractivity contribution is -0.139. The number of unbranched alkanes of at least 4 members (excludes halogenated alkanes) is 5. The minimum absolute atomic E-state index is 0.307. The van der Waals surface area contributed by atoms with Crippen LogP contribution in [0.4, 0.5) is 0 Å². The van der Waals surface area contributed by atoms with Gasteiger partial charge >= 0.3 is 5.97 Å². The monoisotopic (exact) mass is 418 g/mol. The molecule has 0 radical (unpaired) electrons. The second kappa shape index (κ2) is 14.1. The van der Waals surface area contributed by atoms with E-state index in [0.717, 1.165) is 49.8 Å². The van der Waals surface area contributed by atoms with Crippen LogP contribution < -0.4 is 4.74 Å². The molecule has 0 unspecified atom stereocenters. The van der Waals surface area contributed by atoms with Crippen LogP contribution in [-0.4, -0.2) is 19.2 Å². The molecule has 0 amide bonds. The van der Waals surface area contributed by atoms with E-state index in [0.29, 0.717) is 18.8 Å². The van der Waals surface area contributed by atoms with Crippen LogP contribution in [0.5, 0.6) is 5.75 Å². The molecule has 2 aromatic carbocycles. The van der Waals surface area contributed by atoms with Crippen LogP contribution in [0.2, 0.25) is 0 Å². The first-order valence-corrected chi connectivity index (χ1v) is 11.2. The van der Waals surface area contributed by atoms with Gasteiger partial charge in [-0.15, -0.1) is 0 Å². The molecule has 31 heavy (non-hydrogen) atoms. The van der Waals surface area contributed by atoms with Crippen molar-refractivity contribution in [2.45, 2.75) is 58.8 Å². The highest BCUT2D eigenvalue weighted by atomic mass is 16.5. The van der Waals surface area contributed by atoms with Crippen molar-refractivity contribution in [1.82, 2.24) is 0 Å². The lowest BCUT2D eigenvalue weighted by Crippen LogP contribution is -2.06. The first kappa shape index (κ1) is 24.3. The van der Waals surface area contributed by atoms with Crippen LogP contribution in [0.25, 0.3) is 11.1 Å². The second-order valence-electron chi connectivity index (χ2n) is 7.69. The van der Waals surface area contributed by atoms with E-state index < -0.39 is 0 Å². The summed E-state index contributed by atoms with van der Waals surface area (Å²) in [5.41, 5.74) is 3.86. The second-order valence-corrected chi connectivity index (χ2v) is 7.69. The zero-order chi connectivity index (χ0) is 22.3. The zero-order valence-electron chi connectivity index (χ0n) is 18.9. The molecule has 0 spiro atoms. The highest BCUT2D eigenvalue weighted by molar-refractivity contribution is 5.86. The average molecular weight is 419 g/mol. The Kier molecular flexibility index (Phi) is 11.0. The number of carbonyl (C=O) groups is 1. The van der Waals surface area contributed by atoms with Crippen molar-refractivity contribution < 1.29 is 14.3 Å². The number of carbonyl (C=O) groups excluding carboxylic acids is 1. The molecule has 2 rings (SSSR count). The molecule has 2 aromatic rings. The van der Waals surface area contributed by atoms with Gasteiger partial charge in [0.05, 0.1) is 13.2 Å². The van der Waals surface area contributed by atoms with Crippen molar-refractivity contribution in [3.05, 3.63) is 66.2 Å². The van der Waals surface area contributed by atoms with Gasteiger partial charge in [0.2, 0.25) is 0 Å². The highest BCUT2D eigenvalue weighted by Gasteiger charge is 2.02. The number of hydrogen-bond donors (Lipinski definition) is 0. The van der Waals surface area contributed by atoms with Gasteiger partial charge in [-0.1, -0.05) is 56.0 Å². The molecule has 164 valence electrons. The van der Waals surface area contributed by atoms with Crippen molar-refractivity contribution in [3.63, 3.8) is 0 Å². The Balaban J connectivity index is 1.67. The van der Waals surface area contributed by atoms with E-state index in [4.69, 9.17) is 9.47 Å². The van der Waals surface area contributed by atoms with Crippen LogP contribution in [0.3, 0.4) is 0 Å². The summed E-state index contributed by atoms with van der Waals surface area (Å²) in [7, 11) is 0. The molecule has 0 bridgehead atoms. The quantitative estimate of drug-likeness (QED) is 0.162. The Morgan fingerprint density at radius 1 is 0.871 bits per heavy atom. The van der Waals surface area contributed by atoms with Crippen molar-refractivity contribution in [3.8, 4) is 28.7 Å². The Morgan fingerprint density at radius 3 is 2.10 bits per heavy atom. The van der Waals surface area contributed by atoms with Crippen LogP contribution >= 0.6 is 0 Å². The Labute approximate surface area is 187 Å². The van der Waals surface area contributed by atoms with Gasteiger partial charge in [0, 0.05) is 17.6 Å². The van der Waals surface area contributed by atoms with Gasteiger partial charge in [0.25, 0.3) is 0 Å². The van der Waals surface area contributed by atoms with Gasteiger partial charge in [-0.2, -0.15) is 0 Å². The van der Waals surface area contributed by atoms with E-state index in [1.807, 2.05) is 12.1 Å². The van der Waals surface area contributed by atoms with E-state index in [2.05, 4.69) is 61.7 Å². The molecule has 0 aliphatic heterocycles. The van der Waals surface area contributed by atoms with Gasteiger partial charge in [0.15, 0.2) is 0 Å². The summed E-state index contributed by atoms with van der Waals surface area (Å²) in [4.78, 5) is 11.3. The molecule has 0 aliphatic rings. The van der Waals surface area contributed by atoms with Gasteiger partial charge in [-0.25, -0.2) is 4.79 Å². The standard InChI is InChI=1S/C28H34O3/c1-4-5-6-9-12-24-13-15-25(16-14-24)26-17-19-27(20-18-26)30-21-10-7-8-11-22-31-28(29)23(2)3/h13-20H,2,4-8,10-11,21-22H2,1,3H3. The third-order valence-corrected chi connectivity index (χ3v) is 4.85. The van der Waals surface area contributed by atoms with Gasteiger partial charge in [-0.3, -0.25) is 0 Å². The number of hydrogen-bond acceptors (Lipinski definition) is 3. The van der Waals surface area contributed by atoms with E-state index in [-0.39, 0.29) is 5.97 Å². The number of esters is 1. The molecule has 0 aliphatic carbocycles. The van der Waals surface area contributed by atoms with E-state index in [9.17, 15) is 4.79 Å². The zero-order valence-corrected chi connectivity index (χ0v) is 18.9. The maximum absolute atomic E-state index is 11.3. The van der Waals surface area contributed by atoms with Crippen molar-refractivity contribution >= 4 is 5.97 Å². The Morgan fingerprint density at radius 2 is 1.48 bits per heavy atom. The largest absolute Gasteiger partial charge is 0.494 e. The van der Waals surface area contributed by atoms with E-state index in [1.165, 1.54) is 17.5 Å². The minimum Gasteiger partial charge on any atom is -0.494 e. The SMILES string of the molecule is C=C(C)C(=O)OCCCCCCOc1ccc(-c2ccc(C#CCCCC)cc2)cc1. The first-order chi connectivity index (χ1) is 15.1. The highest BCUT2D eigenvalue weighted by Crippen LogP contribution is 2.23. The summed E-state index contributed by atoms with van der Waals surface area (Å²) in [6.07, 6.45) is 7.23. The number of ether oxygens (including phenoxy) is 2. The normalized spacial score (nSPS) is 10.1. The third kappa shape index (κ3) is 9.57. The van der Waals surface area contributed by atoms with Crippen LogP contribution in [0.1, 0.15) is 64.4 Å². The third-order valence-electron chi connectivity index (χ3n) is 4.85. The molecule has 0 saturated heterocycles. The average Bonchev–Trinajstić information content (AvgIpc) is 2.79. The lowest BCUT2D eigenvalue weighted by Gasteiger charge is -2.08. The summed E-state index contributed by atoms with van der Waals surface area (Å²) in [6, 6.07) is 16.6. The van der Waals surface area contributed by atoms with Gasteiger partial charge in [-0.05, 0) is 74.4 Å². The Bertz CT molecular complexity index is 867. The van der Waals surface area contributed by atoms with Crippen LogP contribution in [0.15, 0.2) is 60.7 Å². The molecule has 0 aromatic heterocycles. The molecule has 0 saturated carbocycles. The van der Waals surface area contributed by atoms with Crippen molar-refractivity contribution in [2.24, 2.45) is 0 Å². The molecule has 0 heterocycles. The summed E-state index contributed by atoms with van der Waals surface area (Å²) in [5, 5.41) is 0. The molecule has 0 atom stereocenters. The summed E-state index contributed by atoms with van der Waals surface area (Å²) >= 11 is 0. The smallest absolute Gasteiger partial charge is 0.333 e. The van der Waals surface area contributed by atoms with Crippen LogP contribution in [-0.2, 0) is 9.53 Å². The van der Waals surface area contributed by atoms with Crippen LogP contribution in [0, 0.1) is 11.8 Å². The molecular weight excluding hydrogens is 384 g/mol. The summed E-state index contributed by atoms with van der Waals surface area (Å²) < 4.78 is 10.9. The fourth-order valence-corrected chi connectivity index (χ4v) is 2.96. The summed E-state index contributed by atoms with van der Waals surface area (Å²) in [6.45, 7) is 8.56. The molecule has 0 fully saturated rings. The maximum atomic E-state index is 11.3.